The molecule has 0 bridgehead atoms. The van der Waals surface area contributed by atoms with Crippen LogP contribution in [0, 0.1) is 20.8 Å². The van der Waals surface area contributed by atoms with Gasteiger partial charge in [0.15, 0.2) is 0 Å². The minimum Gasteiger partial charge on any atom is -0.497 e. The Bertz CT molecular complexity index is 900. The van der Waals surface area contributed by atoms with Gasteiger partial charge in [0.1, 0.15) is 5.75 Å². The van der Waals surface area contributed by atoms with Gasteiger partial charge in [-0.25, -0.2) is 0 Å². The summed E-state index contributed by atoms with van der Waals surface area (Å²) in [5.74, 6) is 0.919. The third-order valence-corrected chi connectivity index (χ3v) is 5.19. The second-order valence-electron chi connectivity index (χ2n) is 6.88. The lowest BCUT2D eigenvalue weighted by molar-refractivity contribution is 0.415. The van der Waals surface area contributed by atoms with Crippen molar-refractivity contribution in [3.8, 4) is 5.75 Å². The van der Waals surface area contributed by atoms with E-state index in [-0.39, 0.29) is 6.04 Å². The number of methoxy groups -OCH3 is 1. The number of fused-ring (bicyclic) bond motifs is 3. The fourth-order valence-electron chi connectivity index (χ4n) is 4.23. The number of hydrogen-bond donors (Lipinski definition) is 2. The summed E-state index contributed by atoms with van der Waals surface area (Å²) in [7, 11) is 1.73. The summed E-state index contributed by atoms with van der Waals surface area (Å²) in [6.07, 6.45) is 1.04. The molecular formula is C21H24N2O. The highest BCUT2D eigenvalue weighted by Gasteiger charge is 2.27. The van der Waals surface area contributed by atoms with E-state index < -0.39 is 0 Å². The van der Waals surface area contributed by atoms with Gasteiger partial charge in [0.05, 0.1) is 13.2 Å². The zero-order valence-corrected chi connectivity index (χ0v) is 14.8. The molecule has 24 heavy (non-hydrogen) atoms. The van der Waals surface area contributed by atoms with Crippen LogP contribution >= 0.6 is 0 Å². The van der Waals surface area contributed by atoms with E-state index >= 15 is 0 Å². The molecule has 3 heteroatoms. The van der Waals surface area contributed by atoms with Crippen LogP contribution in [-0.2, 0) is 6.42 Å². The van der Waals surface area contributed by atoms with E-state index in [0.29, 0.717) is 0 Å². The molecule has 124 valence electrons. The van der Waals surface area contributed by atoms with Crippen molar-refractivity contribution >= 4 is 10.9 Å². The molecule has 0 aliphatic carbocycles. The number of nitrogens with one attached hydrogen (secondary N) is 2. The van der Waals surface area contributed by atoms with Crippen molar-refractivity contribution in [2.24, 2.45) is 0 Å². The summed E-state index contributed by atoms with van der Waals surface area (Å²) in [5.41, 5.74) is 9.36. The van der Waals surface area contributed by atoms with Crippen LogP contribution in [0.4, 0.5) is 0 Å². The van der Waals surface area contributed by atoms with Gasteiger partial charge in [-0.2, -0.15) is 0 Å². The fourth-order valence-corrected chi connectivity index (χ4v) is 4.23. The van der Waals surface area contributed by atoms with Crippen molar-refractivity contribution in [1.29, 1.82) is 0 Å². The predicted octanol–water partition coefficient (Wildman–Crippen LogP) is 4.34. The van der Waals surface area contributed by atoms with Gasteiger partial charge in [-0.05, 0) is 67.6 Å². The Hall–Kier alpha value is -2.26. The Morgan fingerprint density at radius 3 is 2.50 bits per heavy atom. The van der Waals surface area contributed by atoms with Crippen LogP contribution in [0.25, 0.3) is 10.9 Å². The van der Waals surface area contributed by atoms with Crippen LogP contribution in [-0.4, -0.2) is 18.6 Å². The molecular weight excluding hydrogens is 296 g/mol. The molecule has 1 unspecified atom stereocenters. The predicted molar refractivity (Wildman–Crippen MR) is 99.1 cm³/mol. The van der Waals surface area contributed by atoms with Gasteiger partial charge in [-0.15, -0.1) is 0 Å². The maximum Gasteiger partial charge on any atom is 0.119 e. The molecule has 4 rings (SSSR count). The summed E-state index contributed by atoms with van der Waals surface area (Å²) >= 11 is 0. The maximum atomic E-state index is 5.42. The molecule has 0 radical (unpaired) electrons. The first-order valence-corrected chi connectivity index (χ1v) is 8.58. The van der Waals surface area contributed by atoms with Gasteiger partial charge in [-0.3, -0.25) is 0 Å². The number of aromatic nitrogens is 1. The number of aromatic amines is 1. The van der Waals surface area contributed by atoms with Crippen molar-refractivity contribution in [3.63, 3.8) is 0 Å². The van der Waals surface area contributed by atoms with Crippen LogP contribution in [0.2, 0.25) is 0 Å². The molecule has 1 atom stereocenters. The maximum absolute atomic E-state index is 5.42. The quantitative estimate of drug-likeness (QED) is 0.737. The minimum absolute atomic E-state index is 0.229. The molecule has 1 aliphatic rings. The van der Waals surface area contributed by atoms with Crippen molar-refractivity contribution in [2.45, 2.75) is 33.2 Å². The second-order valence-corrected chi connectivity index (χ2v) is 6.88. The molecule has 0 spiro atoms. The van der Waals surface area contributed by atoms with Gasteiger partial charge >= 0.3 is 0 Å². The summed E-state index contributed by atoms with van der Waals surface area (Å²) in [5, 5.41) is 5.01. The molecule has 0 saturated carbocycles. The van der Waals surface area contributed by atoms with E-state index in [9.17, 15) is 0 Å². The summed E-state index contributed by atoms with van der Waals surface area (Å²) < 4.78 is 5.42. The molecule has 0 saturated heterocycles. The van der Waals surface area contributed by atoms with E-state index in [4.69, 9.17) is 4.74 Å². The van der Waals surface area contributed by atoms with Crippen LogP contribution in [0.15, 0.2) is 30.3 Å². The third-order valence-electron chi connectivity index (χ3n) is 5.19. The smallest absolute Gasteiger partial charge is 0.119 e. The zero-order valence-electron chi connectivity index (χ0n) is 14.8. The lowest BCUT2D eigenvalue weighted by Gasteiger charge is -2.28. The summed E-state index contributed by atoms with van der Waals surface area (Å²) in [6, 6.07) is 11.1. The normalized spacial score (nSPS) is 17.1. The number of H-pyrrole nitrogens is 1. The van der Waals surface area contributed by atoms with Crippen LogP contribution in [0.5, 0.6) is 5.75 Å². The third kappa shape index (κ3) is 2.31. The molecule has 1 aromatic heterocycles. The Morgan fingerprint density at radius 2 is 1.79 bits per heavy atom. The molecule has 0 fully saturated rings. The first kappa shape index (κ1) is 15.3. The topological polar surface area (TPSA) is 37.0 Å². The minimum atomic E-state index is 0.229. The van der Waals surface area contributed by atoms with Gasteiger partial charge in [-0.1, -0.05) is 17.7 Å². The van der Waals surface area contributed by atoms with Crippen LogP contribution in [0.3, 0.4) is 0 Å². The Kier molecular flexibility index (Phi) is 3.61. The Labute approximate surface area is 143 Å². The molecule has 3 nitrogen and oxygen atoms in total. The number of benzene rings is 2. The molecule has 3 aromatic rings. The number of hydrogen-bond acceptors (Lipinski definition) is 2. The van der Waals surface area contributed by atoms with Gasteiger partial charge in [0, 0.05) is 23.1 Å². The summed E-state index contributed by atoms with van der Waals surface area (Å²) in [4.78, 5) is 3.67. The van der Waals surface area contributed by atoms with Crippen LogP contribution < -0.4 is 10.1 Å². The fraction of sp³-hybridized carbons (Fsp3) is 0.333. The highest BCUT2D eigenvalue weighted by Crippen LogP contribution is 2.37. The Morgan fingerprint density at radius 1 is 1.04 bits per heavy atom. The van der Waals surface area contributed by atoms with Gasteiger partial charge in [0.25, 0.3) is 0 Å². The Balaban J connectivity index is 1.91. The first-order valence-electron chi connectivity index (χ1n) is 8.58. The molecule has 2 heterocycles. The lowest BCUT2D eigenvalue weighted by Crippen LogP contribution is -2.31. The molecule has 2 N–H and O–H groups in total. The highest BCUT2D eigenvalue weighted by molar-refractivity contribution is 5.86. The van der Waals surface area contributed by atoms with E-state index in [0.717, 1.165) is 18.7 Å². The second kappa shape index (κ2) is 5.67. The van der Waals surface area contributed by atoms with Crippen molar-refractivity contribution < 1.29 is 4.74 Å². The van der Waals surface area contributed by atoms with Gasteiger partial charge < -0.3 is 15.0 Å². The standard InChI is InChI=1S/C21H24N2O/c1-12-9-13(2)19(14(3)10-12)21-20-16(7-8-22-21)17-11-15(24-4)5-6-18(17)23-20/h5-6,9-11,21-23H,7-8H2,1-4H3. The van der Waals surface area contributed by atoms with Crippen molar-refractivity contribution in [2.75, 3.05) is 13.7 Å². The van der Waals surface area contributed by atoms with Crippen molar-refractivity contribution in [1.82, 2.24) is 10.3 Å². The molecule has 0 amide bonds. The number of rotatable bonds is 2. The monoisotopic (exact) mass is 320 g/mol. The molecule has 1 aliphatic heterocycles. The highest BCUT2D eigenvalue weighted by atomic mass is 16.5. The van der Waals surface area contributed by atoms with Crippen LogP contribution in [0.1, 0.15) is 39.6 Å². The number of aryl methyl sites for hydroxylation is 3. The molecule has 2 aromatic carbocycles. The largest absolute Gasteiger partial charge is 0.497 e. The van der Waals surface area contributed by atoms with E-state index in [1.807, 2.05) is 6.07 Å². The average Bonchev–Trinajstić information content (AvgIpc) is 2.92. The van der Waals surface area contributed by atoms with Crippen molar-refractivity contribution in [3.05, 3.63) is 63.8 Å². The van der Waals surface area contributed by atoms with E-state index in [2.05, 4.69) is 55.3 Å². The van der Waals surface area contributed by atoms with E-state index in [1.165, 1.54) is 44.4 Å². The SMILES string of the molecule is COc1ccc2[nH]c3c(c2c1)CCNC3c1c(C)cc(C)cc1C. The number of ether oxygens (including phenoxy) is 1. The van der Waals surface area contributed by atoms with E-state index in [1.54, 1.807) is 7.11 Å². The zero-order chi connectivity index (χ0) is 16.8. The van der Waals surface area contributed by atoms with Gasteiger partial charge in [0.2, 0.25) is 0 Å². The lowest BCUT2D eigenvalue weighted by atomic mass is 9.88. The average molecular weight is 320 g/mol. The first-order chi connectivity index (χ1) is 11.6. The summed E-state index contributed by atoms with van der Waals surface area (Å²) in [6.45, 7) is 7.60.